The van der Waals surface area contributed by atoms with Crippen LogP contribution in [0.2, 0.25) is 0 Å². The summed E-state index contributed by atoms with van der Waals surface area (Å²) in [7, 11) is -1.03. The van der Waals surface area contributed by atoms with Gasteiger partial charge in [-0.05, 0) is 55.5 Å². The third-order valence-electron chi connectivity index (χ3n) is 4.97. The SMILES string of the molecule is COc1ccc(N(C)S(=O)(=O)c2cccc(C(=O)N[C@H](C)c3ccc(F)cc3F)c2)cc1. The second-order valence-electron chi connectivity index (χ2n) is 7.06. The topological polar surface area (TPSA) is 75.7 Å². The van der Waals surface area contributed by atoms with Crippen LogP contribution in [0.4, 0.5) is 14.5 Å². The molecule has 1 N–H and O–H groups in total. The molecule has 0 radical (unpaired) electrons. The van der Waals surface area contributed by atoms with Crippen LogP contribution >= 0.6 is 0 Å². The summed E-state index contributed by atoms with van der Waals surface area (Å²) in [4.78, 5) is 12.6. The smallest absolute Gasteiger partial charge is 0.264 e. The number of anilines is 1. The molecule has 0 aliphatic rings. The van der Waals surface area contributed by atoms with Crippen molar-refractivity contribution < 1.29 is 26.7 Å². The minimum absolute atomic E-state index is 0.0796. The van der Waals surface area contributed by atoms with Crippen molar-refractivity contribution in [3.63, 3.8) is 0 Å². The van der Waals surface area contributed by atoms with Gasteiger partial charge in [-0.1, -0.05) is 12.1 Å². The number of halogens is 2. The fraction of sp³-hybridized carbons (Fsp3) is 0.174. The maximum Gasteiger partial charge on any atom is 0.264 e. The van der Waals surface area contributed by atoms with Gasteiger partial charge in [0.1, 0.15) is 17.4 Å². The van der Waals surface area contributed by atoms with Crippen LogP contribution in [0.3, 0.4) is 0 Å². The number of methoxy groups -OCH3 is 1. The van der Waals surface area contributed by atoms with Gasteiger partial charge >= 0.3 is 0 Å². The number of hydrogen-bond acceptors (Lipinski definition) is 4. The minimum Gasteiger partial charge on any atom is -0.497 e. The van der Waals surface area contributed by atoms with Crippen molar-refractivity contribution >= 4 is 21.6 Å². The summed E-state index contributed by atoms with van der Waals surface area (Å²) >= 11 is 0. The van der Waals surface area contributed by atoms with Gasteiger partial charge in [0.25, 0.3) is 15.9 Å². The van der Waals surface area contributed by atoms with Crippen LogP contribution in [0.15, 0.2) is 71.6 Å². The second-order valence-corrected chi connectivity index (χ2v) is 9.03. The number of amides is 1. The van der Waals surface area contributed by atoms with E-state index in [0.717, 1.165) is 16.4 Å². The van der Waals surface area contributed by atoms with Gasteiger partial charge in [0, 0.05) is 24.2 Å². The molecule has 0 aliphatic heterocycles. The van der Waals surface area contributed by atoms with Crippen molar-refractivity contribution in [2.24, 2.45) is 0 Å². The molecular formula is C23H22F2N2O4S. The van der Waals surface area contributed by atoms with E-state index in [4.69, 9.17) is 4.74 Å². The first kappa shape index (κ1) is 23.2. The number of benzene rings is 3. The Balaban J connectivity index is 1.82. The van der Waals surface area contributed by atoms with Gasteiger partial charge < -0.3 is 10.1 Å². The number of carbonyl (C=O) groups excluding carboxylic acids is 1. The molecule has 0 heterocycles. The fourth-order valence-electron chi connectivity index (χ4n) is 3.10. The summed E-state index contributed by atoms with van der Waals surface area (Å²) in [6.07, 6.45) is 0. The molecule has 0 saturated carbocycles. The Morgan fingerprint density at radius 3 is 2.34 bits per heavy atom. The second kappa shape index (κ2) is 9.35. The molecule has 168 valence electrons. The Morgan fingerprint density at radius 2 is 1.72 bits per heavy atom. The maximum atomic E-state index is 14.0. The van der Waals surface area contributed by atoms with Crippen molar-refractivity contribution in [3.05, 3.63) is 89.5 Å². The summed E-state index contributed by atoms with van der Waals surface area (Å²) in [6, 6.07) is 14.4. The average Bonchev–Trinajstić information content (AvgIpc) is 2.78. The molecule has 0 aliphatic carbocycles. The van der Waals surface area contributed by atoms with Crippen LogP contribution in [-0.2, 0) is 10.0 Å². The van der Waals surface area contributed by atoms with Crippen molar-refractivity contribution in [3.8, 4) is 5.75 Å². The van der Waals surface area contributed by atoms with Gasteiger partial charge in [0.15, 0.2) is 0 Å². The van der Waals surface area contributed by atoms with Crippen molar-refractivity contribution in [1.29, 1.82) is 0 Å². The Morgan fingerprint density at radius 1 is 1.03 bits per heavy atom. The van der Waals surface area contributed by atoms with Gasteiger partial charge in [-0.3, -0.25) is 9.10 Å². The molecule has 3 aromatic rings. The molecular weight excluding hydrogens is 438 g/mol. The molecule has 0 aromatic heterocycles. The van der Waals surface area contributed by atoms with E-state index in [1.807, 2.05) is 0 Å². The van der Waals surface area contributed by atoms with E-state index >= 15 is 0 Å². The number of ether oxygens (including phenoxy) is 1. The van der Waals surface area contributed by atoms with Crippen LogP contribution in [0, 0.1) is 11.6 Å². The molecule has 32 heavy (non-hydrogen) atoms. The van der Waals surface area contributed by atoms with E-state index in [1.54, 1.807) is 31.2 Å². The third kappa shape index (κ3) is 4.88. The first-order chi connectivity index (χ1) is 15.1. The predicted molar refractivity (Wildman–Crippen MR) is 117 cm³/mol. The number of sulfonamides is 1. The highest BCUT2D eigenvalue weighted by Gasteiger charge is 2.23. The molecule has 6 nitrogen and oxygen atoms in total. The van der Waals surface area contributed by atoms with Crippen LogP contribution < -0.4 is 14.4 Å². The van der Waals surface area contributed by atoms with E-state index in [9.17, 15) is 22.0 Å². The van der Waals surface area contributed by atoms with Gasteiger partial charge in [0.2, 0.25) is 0 Å². The zero-order valence-electron chi connectivity index (χ0n) is 17.7. The number of carbonyl (C=O) groups is 1. The molecule has 9 heteroatoms. The van der Waals surface area contributed by atoms with Crippen LogP contribution in [-0.4, -0.2) is 28.5 Å². The zero-order valence-corrected chi connectivity index (χ0v) is 18.5. The fourth-order valence-corrected chi connectivity index (χ4v) is 4.34. The quantitative estimate of drug-likeness (QED) is 0.571. The lowest BCUT2D eigenvalue weighted by molar-refractivity contribution is 0.0939. The summed E-state index contributed by atoms with van der Waals surface area (Å²) in [5.41, 5.74) is 0.618. The van der Waals surface area contributed by atoms with Gasteiger partial charge in [-0.15, -0.1) is 0 Å². The highest BCUT2D eigenvalue weighted by Crippen LogP contribution is 2.25. The van der Waals surface area contributed by atoms with E-state index in [2.05, 4.69) is 5.32 Å². The van der Waals surface area contributed by atoms with Crippen LogP contribution in [0.25, 0.3) is 0 Å². The van der Waals surface area contributed by atoms with E-state index in [1.165, 1.54) is 44.5 Å². The number of nitrogens with zero attached hydrogens (tertiary/aromatic N) is 1. The number of hydrogen-bond donors (Lipinski definition) is 1. The average molecular weight is 461 g/mol. The van der Waals surface area contributed by atoms with Gasteiger partial charge in [-0.2, -0.15) is 0 Å². The van der Waals surface area contributed by atoms with Crippen LogP contribution in [0.1, 0.15) is 28.9 Å². The summed E-state index contributed by atoms with van der Waals surface area (Å²) in [5, 5.41) is 2.60. The minimum atomic E-state index is -3.95. The first-order valence-electron chi connectivity index (χ1n) is 9.62. The van der Waals surface area contributed by atoms with Crippen LogP contribution in [0.5, 0.6) is 5.75 Å². The lowest BCUT2D eigenvalue weighted by Gasteiger charge is -2.20. The molecule has 3 rings (SSSR count). The molecule has 3 aromatic carbocycles. The predicted octanol–water partition coefficient (Wildman–Crippen LogP) is 4.29. The molecule has 0 unspecified atom stereocenters. The Labute approximate surface area is 185 Å². The lowest BCUT2D eigenvalue weighted by atomic mass is 10.1. The molecule has 0 bridgehead atoms. The van der Waals surface area contributed by atoms with E-state index < -0.39 is 33.6 Å². The molecule has 0 spiro atoms. The molecule has 1 atom stereocenters. The maximum absolute atomic E-state index is 14.0. The highest BCUT2D eigenvalue weighted by molar-refractivity contribution is 7.92. The summed E-state index contributed by atoms with van der Waals surface area (Å²) in [5.74, 6) is -1.51. The first-order valence-corrected chi connectivity index (χ1v) is 11.1. The summed E-state index contributed by atoms with van der Waals surface area (Å²) < 4.78 is 59.4. The standard InChI is InChI=1S/C23H22F2N2O4S/c1-15(21-12-7-17(24)14-22(21)25)26-23(28)16-5-4-6-20(13-16)32(29,30)27(2)18-8-10-19(31-3)11-9-18/h4-15H,1-3H3,(H,26,28)/t15-/m1/s1. The largest absolute Gasteiger partial charge is 0.497 e. The van der Waals surface area contributed by atoms with E-state index in [0.29, 0.717) is 11.4 Å². The normalized spacial score (nSPS) is 12.2. The Hall–Kier alpha value is -3.46. The number of rotatable bonds is 7. The lowest BCUT2D eigenvalue weighted by Crippen LogP contribution is -2.29. The third-order valence-corrected chi connectivity index (χ3v) is 6.75. The van der Waals surface area contributed by atoms with Crippen molar-refractivity contribution in [2.75, 3.05) is 18.5 Å². The highest BCUT2D eigenvalue weighted by atomic mass is 32.2. The number of nitrogens with one attached hydrogen (secondary N) is 1. The Bertz CT molecular complexity index is 1230. The Kier molecular flexibility index (Phi) is 6.78. The monoisotopic (exact) mass is 460 g/mol. The van der Waals surface area contributed by atoms with E-state index in [-0.39, 0.29) is 16.0 Å². The summed E-state index contributed by atoms with van der Waals surface area (Å²) in [6.45, 7) is 1.55. The molecule has 1 amide bonds. The molecule has 0 saturated heterocycles. The molecule has 0 fully saturated rings. The van der Waals surface area contributed by atoms with Crippen molar-refractivity contribution in [1.82, 2.24) is 5.32 Å². The van der Waals surface area contributed by atoms with Gasteiger partial charge in [0.05, 0.1) is 23.7 Å². The van der Waals surface area contributed by atoms with Gasteiger partial charge in [-0.25, -0.2) is 17.2 Å². The van der Waals surface area contributed by atoms with Crippen molar-refractivity contribution in [2.45, 2.75) is 17.9 Å². The zero-order chi connectivity index (χ0) is 23.5.